The molecule has 178 valence electrons. The Morgan fingerprint density at radius 3 is 2.48 bits per heavy atom. The van der Waals surface area contributed by atoms with Gasteiger partial charge in [0.1, 0.15) is 10.6 Å². The Morgan fingerprint density at radius 1 is 1.06 bits per heavy atom. The molecule has 2 amide bonds. The first-order valence-electron chi connectivity index (χ1n) is 11.8. The Morgan fingerprint density at radius 2 is 1.79 bits per heavy atom. The van der Waals surface area contributed by atoms with Gasteiger partial charge in [-0.05, 0) is 62.3 Å². The Kier molecular flexibility index (Phi) is 7.19. The van der Waals surface area contributed by atoms with Crippen LogP contribution in [0.2, 0.25) is 0 Å². The van der Waals surface area contributed by atoms with Gasteiger partial charge in [-0.25, -0.2) is 8.42 Å². The lowest BCUT2D eigenvalue weighted by molar-refractivity contribution is -0.120. The highest BCUT2D eigenvalue weighted by molar-refractivity contribution is 7.89. The van der Waals surface area contributed by atoms with E-state index >= 15 is 0 Å². The zero-order valence-corrected chi connectivity index (χ0v) is 19.9. The van der Waals surface area contributed by atoms with E-state index < -0.39 is 15.9 Å². The van der Waals surface area contributed by atoms with Gasteiger partial charge in [0, 0.05) is 38.1 Å². The fourth-order valence-corrected chi connectivity index (χ4v) is 6.02. The third-order valence-electron chi connectivity index (χ3n) is 6.55. The van der Waals surface area contributed by atoms with Crippen LogP contribution in [0.15, 0.2) is 41.4 Å². The molecule has 3 heterocycles. The van der Waals surface area contributed by atoms with Gasteiger partial charge in [-0.3, -0.25) is 9.59 Å². The molecule has 0 unspecified atom stereocenters. The number of aromatic nitrogens is 1. The number of hydrogen-bond donors (Lipinski definition) is 2. The average molecular weight is 473 g/mol. The van der Waals surface area contributed by atoms with Crippen LogP contribution in [-0.4, -0.2) is 60.6 Å². The van der Waals surface area contributed by atoms with Crippen LogP contribution >= 0.6 is 0 Å². The fraction of sp³-hybridized carbons (Fsp3) is 0.500. The highest BCUT2D eigenvalue weighted by Gasteiger charge is 2.34. The number of sulfonamides is 1. The van der Waals surface area contributed by atoms with E-state index in [1.165, 1.54) is 22.1 Å². The quantitative estimate of drug-likeness (QED) is 0.674. The highest BCUT2D eigenvalue weighted by atomic mass is 32.2. The van der Waals surface area contributed by atoms with Crippen LogP contribution in [-0.2, 0) is 21.2 Å². The number of amides is 2. The summed E-state index contributed by atoms with van der Waals surface area (Å²) < 4.78 is 27.9. The number of likely N-dealkylation sites (tertiary alicyclic amines) is 1. The molecular formula is C24H32N4O4S. The van der Waals surface area contributed by atoms with Gasteiger partial charge in [0.2, 0.25) is 15.9 Å². The molecule has 1 aromatic heterocycles. The predicted octanol–water partition coefficient (Wildman–Crippen LogP) is 3.24. The maximum atomic E-state index is 13.2. The summed E-state index contributed by atoms with van der Waals surface area (Å²) in [4.78, 5) is 30.2. The second kappa shape index (κ2) is 10.1. The second-order valence-electron chi connectivity index (χ2n) is 8.84. The number of aromatic amines is 1. The van der Waals surface area contributed by atoms with Crippen molar-refractivity contribution in [3.05, 3.63) is 47.8 Å². The average Bonchev–Trinajstić information content (AvgIpc) is 3.36. The minimum atomic E-state index is -3.80. The number of nitrogens with zero attached hydrogens (tertiary/aromatic N) is 2. The topological polar surface area (TPSA) is 103 Å². The molecule has 1 atom stereocenters. The van der Waals surface area contributed by atoms with Crippen molar-refractivity contribution in [3.63, 3.8) is 0 Å². The largest absolute Gasteiger partial charge is 0.356 e. The van der Waals surface area contributed by atoms with Crippen LogP contribution in [0.25, 0.3) is 0 Å². The number of carbonyl (C=O) groups is 2. The molecule has 8 nitrogen and oxygen atoms in total. The minimum Gasteiger partial charge on any atom is -0.356 e. The van der Waals surface area contributed by atoms with Gasteiger partial charge in [0.05, 0.1) is 5.92 Å². The van der Waals surface area contributed by atoms with Gasteiger partial charge in [-0.2, -0.15) is 4.31 Å². The lowest BCUT2D eigenvalue weighted by Crippen LogP contribution is -2.43. The van der Waals surface area contributed by atoms with E-state index in [1.807, 2.05) is 24.3 Å². The van der Waals surface area contributed by atoms with Gasteiger partial charge in [-0.1, -0.05) is 19.1 Å². The number of aryl methyl sites for hydroxylation is 1. The summed E-state index contributed by atoms with van der Waals surface area (Å²) in [6.07, 6.45) is 6.60. The number of hydrogen-bond acceptors (Lipinski definition) is 4. The van der Waals surface area contributed by atoms with E-state index in [-0.39, 0.29) is 28.9 Å². The molecule has 2 aliphatic heterocycles. The normalized spacial score (nSPS) is 19.9. The smallest absolute Gasteiger partial charge is 0.270 e. The zero-order chi connectivity index (χ0) is 23.4. The third kappa shape index (κ3) is 5.30. The molecule has 9 heteroatoms. The Labute approximate surface area is 195 Å². The summed E-state index contributed by atoms with van der Waals surface area (Å²) in [5.74, 6) is -0.761. The van der Waals surface area contributed by atoms with Crippen LogP contribution in [0.5, 0.6) is 0 Å². The minimum absolute atomic E-state index is 0.0686. The molecule has 2 N–H and O–H groups in total. The molecule has 0 spiro atoms. The van der Waals surface area contributed by atoms with Crippen LogP contribution < -0.4 is 5.32 Å². The number of piperidine rings is 2. The molecule has 0 radical (unpaired) electrons. The van der Waals surface area contributed by atoms with Crippen molar-refractivity contribution in [2.45, 2.75) is 50.3 Å². The number of anilines is 1. The standard InChI is InChI=1S/C24H32N4O4S/c1-2-18-8-10-20(11-9-18)26-23(29)19-7-6-14-28(17-19)33(31,32)21-15-22(25-16-21)24(30)27-12-4-3-5-13-27/h8-11,15-16,19,25H,2-7,12-14,17H2,1H3,(H,26,29)/t19-/m0/s1. The number of H-pyrrole nitrogens is 1. The summed E-state index contributed by atoms with van der Waals surface area (Å²) >= 11 is 0. The summed E-state index contributed by atoms with van der Waals surface area (Å²) in [6.45, 7) is 3.95. The summed E-state index contributed by atoms with van der Waals surface area (Å²) in [6, 6.07) is 9.11. The molecule has 0 bridgehead atoms. The van der Waals surface area contributed by atoms with Gasteiger partial charge >= 0.3 is 0 Å². The van der Waals surface area contributed by atoms with Crippen molar-refractivity contribution in [1.29, 1.82) is 0 Å². The van der Waals surface area contributed by atoms with Crippen LogP contribution in [0.4, 0.5) is 5.69 Å². The van der Waals surface area contributed by atoms with Gasteiger partial charge in [0.15, 0.2) is 0 Å². The number of rotatable bonds is 6. The van der Waals surface area contributed by atoms with Gasteiger partial charge < -0.3 is 15.2 Å². The molecule has 4 rings (SSSR count). The maximum Gasteiger partial charge on any atom is 0.270 e. The number of benzene rings is 1. The monoisotopic (exact) mass is 472 g/mol. The van der Waals surface area contributed by atoms with Crippen LogP contribution in [0, 0.1) is 5.92 Å². The summed E-state index contributed by atoms with van der Waals surface area (Å²) in [5.41, 5.74) is 2.19. The lowest BCUT2D eigenvalue weighted by atomic mass is 9.98. The van der Waals surface area contributed by atoms with Crippen molar-refractivity contribution >= 4 is 27.5 Å². The molecule has 0 saturated carbocycles. The Bertz CT molecular complexity index is 1090. The first kappa shape index (κ1) is 23.5. The molecule has 2 fully saturated rings. The van der Waals surface area contributed by atoms with Crippen molar-refractivity contribution in [2.24, 2.45) is 5.92 Å². The maximum absolute atomic E-state index is 13.2. The third-order valence-corrected chi connectivity index (χ3v) is 8.40. The second-order valence-corrected chi connectivity index (χ2v) is 10.8. The molecular weight excluding hydrogens is 440 g/mol. The summed E-state index contributed by atoms with van der Waals surface area (Å²) in [5, 5.41) is 2.91. The van der Waals surface area contributed by atoms with E-state index in [4.69, 9.17) is 0 Å². The summed E-state index contributed by atoms with van der Waals surface area (Å²) in [7, 11) is -3.80. The van der Waals surface area contributed by atoms with E-state index in [2.05, 4.69) is 17.2 Å². The SMILES string of the molecule is CCc1ccc(NC(=O)[C@H]2CCCN(S(=O)(=O)c3c[nH]c(C(=O)N4CCCCC4)c3)C2)cc1. The van der Waals surface area contributed by atoms with Crippen molar-refractivity contribution in [2.75, 3.05) is 31.5 Å². The number of nitrogens with one attached hydrogen (secondary N) is 2. The van der Waals surface area contributed by atoms with E-state index in [0.717, 1.165) is 25.7 Å². The first-order valence-corrected chi connectivity index (χ1v) is 13.2. The Balaban J connectivity index is 1.42. The van der Waals surface area contributed by atoms with Crippen molar-refractivity contribution in [3.8, 4) is 0 Å². The van der Waals surface area contributed by atoms with Gasteiger partial charge in [-0.15, -0.1) is 0 Å². The zero-order valence-electron chi connectivity index (χ0n) is 19.0. The van der Waals surface area contributed by atoms with Crippen molar-refractivity contribution in [1.82, 2.24) is 14.2 Å². The molecule has 2 aliphatic rings. The Hall–Kier alpha value is -2.65. The van der Waals surface area contributed by atoms with Crippen LogP contribution in [0.3, 0.4) is 0 Å². The highest BCUT2D eigenvalue weighted by Crippen LogP contribution is 2.26. The molecule has 2 aromatic rings. The molecule has 0 aliphatic carbocycles. The first-order chi connectivity index (χ1) is 15.9. The predicted molar refractivity (Wildman–Crippen MR) is 126 cm³/mol. The van der Waals surface area contributed by atoms with Crippen molar-refractivity contribution < 1.29 is 18.0 Å². The molecule has 1 aromatic carbocycles. The molecule has 2 saturated heterocycles. The van der Waals surface area contributed by atoms with Crippen LogP contribution in [0.1, 0.15) is 55.1 Å². The lowest BCUT2D eigenvalue weighted by Gasteiger charge is -2.31. The van der Waals surface area contributed by atoms with E-state index in [9.17, 15) is 18.0 Å². The fourth-order valence-electron chi connectivity index (χ4n) is 4.51. The number of carbonyl (C=O) groups excluding carboxylic acids is 2. The van der Waals surface area contributed by atoms with Gasteiger partial charge in [0.25, 0.3) is 5.91 Å². The van der Waals surface area contributed by atoms with E-state index in [1.54, 1.807) is 4.90 Å². The molecule has 33 heavy (non-hydrogen) atoms. The van der Waals surface area contributed by atoms with E-state index in [0.29, 0.717) is 38.2 Å².